The molecule has 1 fully saturated rings. The minimum atomic E-state index is -0.381. The van der Waals surface area contributed by atoms with E-state index >= 15 is 0 Å². The van der Waals surface area contributed by atoms with Gasteiger partial charge in [0.2, 0.25) is 0 Å². The summed E-state index contributed by atoms with van der Waals surface area (Å²) >= 11 is 0.645. The van der Waals surface area contributed by atoms with Crippen LogP contribution >= 0.6 is 11.9 Å². The van der Waals surface area contributed by atoms with Gasteiger partial charge < -0.3 is 15.2 Å². The lowest BCUT2D eigenvalue weighted by atomic mass is 9.88. The minimum Gasteiger partial charge on any atom is -0.312 e. The van der Waals surface area contributed by atoms with E-state index in [2.05, 4.69) is 41.2 Å². The first-order valence-electron chi connectivity index (χ1n) is 12.2. The zero-order chi connectivity index (χ0) is 23.6. The van der Waals surface area contributed by atoms with Crippen molar-refractivity contribution in [1.82, 2.24) is 20.7 Å². The van der Waals surface area contributed by atoms with Gasteiger partial charge >= 0.3 is 0 Å². The monoisotopic (exact) mass is 473 g/mol. The molecule has 4 rings (SSSR count). The third-order valence-corrected chi connectivity index (χ3v) is 7.16. The number of hydrazine groups is 1. The SMILES string of the molecule is C=CC1NN(CCC)C2=C1CC(NCc1ccc(S[N+](=O)[O-])cc1)CC2.CN1CCCCC1. The summed E-state index contributed by atoms with van der Waals surface area (Å²) in [5.74, 6) is 0. The Morgan fingerprint density at radius 1 is 1.27 bits per heavy atom. The molecule has 0 amide bonds. The molecular formula is C25H39N5O2S. The van der Waals surface area contributed by atoms with Crippen molar-refractivity contribution in [2.45, 2.75) is 75.4 Å². The molecule has 0 bridgehead atoms. The van der Waals surface area contributed by atoms with E-state index < -0.39 is 0 Å². The topological polar surface area (TPSA) is 73.7 Å². The summed E-state index contributed by atoms with van der Waals surface area (Å²) in [7, 11) is 2.19. The van der Waals surface area contributed by atoms with Crippen molar-refractivity contribution in [3.63, 3.8) is 0 Å². The Morgan fingerprint density at radius 3 is 2.58 bits per heavy atom. The first-order chi connectivity index (χ1) is 16.0. The number of nitrogens with zero attached hydrogens (tertiary/aromatic N) is 3. The molecule has 2 N–H and O–H groups in total. The molecule has 0 radical (unpaired) electrons. The lowest BCUT2D eigenvalue weighted by molar-refractivity contribution is -0.284. The molecule has 182 valence electrons. The van der Waals surface area contributed by atoms with Crippen LogP contribution in [-0.4, -0.2) is 53.0 Å². The van der Waals surface area contributed by atoms with E-state index in [-0.39, 0.29) is 10.4 Å². The maximum atomic E-state index is 10.5. The van der Waals surface area contributed by atoms with E-state index in [1.54, 1.807) is 0 Å². The second-order valence-corrected chi connectivity index (χ2v) is 10.1. The fourth-order valence-electron chi connectivity index (χ4n) is 4.76. The number of hydrogen-bond acceptors (Lipinski definition) is 7. The second kappa shape index (κ2) is 13.1. The Labute approximate surface area is 202 Å². The Kier molecular flexibility index (Phi) is 10.2. The van der Waals surface area contributed by atoms with Crippen LogP contribution < -0.4 is 10.7 Å². The number of nitrogens with one attached hydrogen (secondary N) is 2. The van der Waals surface area contributed by atoms with E-state index in [4.69, 9.17) is 0 Å². The van der Waals surface area contributed by atoms with Crippen molar-refractivity contribution in [3.05, 3.63) is 63.9 Å². The highest BCUT2D eigenvalue weighted by atomic mass is 32.2. The molecule has 2 aliphatic heterocycles. The van der Waals surface area contributed by atoms with Gasteiger partial charge in [-0.3, -0.25) is 10.1 Å². The first-order valence-corrected chi connectivity index (χ1v) is 13.0. The summed E-state index contributed by atoms with van der Waals surface area (Å²) in [6.07, 6.45) is 10.6. The number of piperidine rings is 1. The summed E-state index contributed by atoms with van der Waals surface area (Å²) in [5, 5.41) is 16.5. The molecule has 0 aromatic heterocycles. The smallest absolute Gasteiger partial charge is 0.265 e. The predicted molar refractivity (Wildman–Crippen MR) is 136 cm³/mol. The van der Waals surface area contributed by atoms with Crippen LogP contribution in [0.5, 0.6) is 0 Å². The molecule has 1 aromatic carbocycles. The molecule has 1 saturated heterocycles. The highest BCUT2D eigenvalue weighted by Gasteiger charge is 2.33. The molecule has 0 spiro atoms. The van der Waals surface area contributed by atoms with Crippen LogP contribution in [0.1, 0.15) is 57.4 Å². The van der Waals surface area contributed by atoms with Crippen LogP contribution in [-0.2, 0) is 6.54 Å². The summed E-state index contributed by atoms with van der Waals surface area (Å²) in [5.41, 5.74) is 7.63. The second-order valence-electron chi connectivity index (χ2n) is 9.11. The van der Waals surface area contributed by atoms with E-state index in [0.29, 0.717) is 22.9 Å². The van der Waals surface area contributed by atoms with Crippen molar-refractivity contribution in [3.8, 4) is 0 Å². The summed E-state index contributed by atoms with van der Waals surface area (Å²) < 4.78 is -0.381. The van der Waals surface area contributed by atoms with Gasteiger partial charge in [0.1, 0.15) is 4.33 Å². The molecule has 33 heavy (non-hydrogen) atoms. The molecule has 1 aromatic rings. The van der Waals surface area contributed by atoms with Gasteiger partial charge in [0.05, 0.1) is 10.9 Å². The van der Waals surface area contributed by atoms with Crippen LogP contribution in [0.15, 0.2) is 53.1 Å². The normalized spacial score (nSPS) is 23.0. The number of allylic oxidation sites excluding steroid dienone is 1. The van der Waals surface area contributed by atoms with E-state index in [1.165, 1.54) is 43.6 Å². The van der Waals surface area contributed by atoms with Crippen LogP contribution in [0.25, 0.3) is 0 Å². The van der Waals surface area contributed by atoms with E-state index in [0.717, 1.165) is 44.3 Å². The number of benzene rings is 1. The summed E-state index contributed by atoms with van der Waals surface area (Å²) in [4.78, 5) is 13.6. The molecule has 2 heterocycles. The van der Waals surface area contributed by atoms with Crippen LogP contribution in [0.4, 0.5) is 0 Å². The first kappa shape index (κ1) is 25.7. The van der Waals surface area contributed by atoms with Gasteiger partial charge in [-0.1, -0.05) is 31.6 Å². The van der Waals surface area contributed by atoms with Crippen molar-refractivity contribution in [2.75, 3.05) is 26.7 Å². The lowest BCUT2D eigenvalue weighted by Crippen LogP contribution is -2.36. The van der Waals surface area contributed by atoms with Gasteiger partial charge in [-0.15, -0.1) is 6.58 Å². The van der Waals surface area contributed by atoms with Crippen LogP contribution in [0, 0.1) is 10.1 Å². The van der Waals surface area contributed by atoms with E-state index in [1.807, 2.05) is 30.3 Å². The molecular weight excluding hydrogens is 434 g/mol. The zero-order valence-electron chi connectivity index (χ0n) is 20.1. The number of rotatable bonds is 8. The van der Waals surface area contributed by atoms with Gasteiger partial charge in [0.15, 0.2) is 0 Å². The third kappa shape index (κ3) is 7.84. The number of hydrogen-bond donors (Lipinski definition) is 2. The summed E-state index contributed by atoms with van der Waals surface area (Å²) in [6, 6.07) is 8.23. The standard InChI is InChI=1S/C19H26N4O2S.C6H13N/c1-3-11-22-19-10-7-15(12-17(19)18(4-2)21-22)20-13-14-5-8-16(9-6-14)26-23(24)25;1-7-5-3-2-4-6-7/h4-6,8-9,15,18,20-21H,2-3,7,10-13H2,1H3;2-6H2,1H3. The van der Waals surface area contributed by atoms with Crippen molar-refractivity contribution in [1.29, 1.82) is 0 Å². The average molecular weight is 474 g/mol. The predicted octanol–water partition coefficient (Wildman–Crippen LogP) is 4.75. The van der Waals surface area contributed by atoms with E-state index in [9.17, 15) is 10.1 Å². The number of likely N-dealkylation sites (tertiary alicyclic amines) is 1. The highest BCUT2D eigenvalue weighted by Crippen LogP contribution is 2.34. The molecule has 7 nitrogen and oxygen atoms in total. The fourth-order valence-corrected chi connectivity index (χ4v) is 5.19. The van der Waals surface area contributed by atoms with Crippen molar-refractivity contribution < 1.29 is 4.33 Å². The zero-order valence-corrected chi connectivity index (χ0v) is 20.9. The number of nitro groups is 1. The quantitative estimate of drug-likeness (QED) is 0.244. The Morgan fingerprint density at radius 2 is 2.00 bits per heavy atom. The third-order valence-electron chi connectivity index (χ3n) is 6.52. The largest absolute Gasteiger partial charge is 0.312 e. The van der Waals surface area contributed by atoms with Gasteiger partial charge in [0, 0.05) is 24.8 Å². The minimum absolute atomic E-state index is 0.250. The summed E-state index contributed by atoms with van der Waals surface area (Å²) in [6.45, 7) is 10.6. The molecule has 1 aliphatic carbocycles. The van der Waals surface area contributed by atoms with Crippen LogP contribution in [0.2, 0.25) is 0 Å². The van der Waals surface area contributed by atoms with Crippen LogP contribution in [0.3, 0.4) is 0 Å². The Balaban J connectivity index is 0.000000374. The average Bonchev–Trinajstić information content (AvgIpc) is 3.16. The lowest BCUT2D eigenvalue weighted by Gasteiger charge is -2.28. The Hall–Kier alpha value is -1.87. The molecule has 3 aliphatic rings. The fraction of sp³-hybridized carbons (Fsp3) is 0.600. The molecule has 2 unspecified atom stereocenters. The molecule has 8 heteroatoms. The van der Waals surface area contributed by atoms with Gasteiger partial charge in [0.25, 0.3) is 11.9 Å². The van der Waals surface area contributed by atoms with Gasteiger partial charge in [-0.2, -0.15) is 0 Å². The maximum Gasteiger partial charge on any atom is 0.265 e. The van der Waals surface area contributed by atoms with Crippen molar-refractivity contribution in [2.24, 2.45) is 0 Å². The van der Waals surface area contributed by atoms with Gasteiger partial charge in [-0.05, 0) is 81.9 Å². The molecule has 0 saturated carbocycles. The van der Waals surface area contributed by atoms with Crippen molar-refractivity contribution >= 4 is 11.9 Å². The Bertz CT molecular complexity index is 808. The highest BCUT2D eigenvalue weighted by molar-refractivity contribution is 7.93. The van der Waals surface area contributed by atoms with Gasteiger partial charge in [-0.25, -0.2) is 5.43 Å². The maximum absolute atomic E-state index is 10.5. The molecule has 2 atom stereocenters.